The Morgan fingerprint density at radius 1 is 1.28 bits per heavy atom. The Balaban J connectivity index is 2.07. The molecule has 94 valence electrons. The van der Waals surface area contributed by atoms with Gasteiger partial charge in [-0.2, -0.15) is 0 Å². The lowest BCUT2D eigenvalue weighted by Gasteiger charge is -2.13. The van der Waals surface area contributed by atoms with Crippen molar-refractivity contribution < 1.29 is 4.92 Å². The minimum atomic E-state index is -0.410. The molecule has 0 bridgehead atoms. The van der Waals surface area contributed by atoms with Crippen LogP contribution in [0.5, 0.6) is 0 Å². The summed E-state index contributed by atoms with van der Waals surface area (Å²) in [5, 5.41) is 13.8. The van der Waals surface area contributed by atoms with E-state index >= 15 is 0 Å². The van der Waals surface area contributed by atoms with Crippen molar-refractivity contribution in [3.8, 4) is 0 Å². The highest BCUT2D eigenvalue weighted by Gasteiger charge is 2.09. The Bertz CT molecular complexity index is 553. The van der Waals surface area contributed by atoms with Crippen molar-refractivity contribution >= 4 is 34.3 Å². The molecule has 0 amide bonds. The number of thiophene rings is 1. The fraction of sp³-hybridized carbons (Fsp3) is 0.167. The number of nitrogens with one attached hydrogen (secondary N) is 1. The molecule has 6 heteroatoms. The van der Waals surface area contributed by atoms with Gasteiger partial charge >= 0.3 is 0 Å². The first kappa shape index (κ1) is 12.9. The maximum Gasteiger partial charge on any atom is 0.269 e. The van der Waals surface area contributed by atoms with E-state index in [1.165, 1.54) is 23.5 Å². The second kappa shape index (κ2) is 5.37. The summed E-state index contributed by atoms with van der Waals surface area (Å²) < 4.78 is 0.752. The number of nitro groups is 1. The van der Waals surface area contributed by atoms with Crippen molar-refractivity contribution in [1.82, 2.24) is 0 Å². The van der Waals surface area contributed by atoms with Crippen LogP contribution in [0.3, 0.4) is 0 Å². The van der Waals surface area contributed by atoms with Crippen LogP contribution in [-0.2, 0) is 0 Å². The van der Waals surface area contributed by atoms with Crippen molar-refractivity contribution in [3.05, 3.63) is 55.7 Å². The summed E-state index contributed by atoms with van der Waals surface area (Å²) in [7, 11) is 0. The molecule has 0 aliphatic carbocycles. The zero-order chi connectivity index (χ0) is 13.1. The van der Waals surface area contributed by atoms with Gasteiger partial charge in [0.1, 0.15) is 0 Å². The summed E-state index contributed by atoms with van der Waals surface area (Å²) in [6.07, 6.45) is 0. The minimum Gasteiger partial charge on any atom is -0.378 e. The van der Waals surface area contributed by atoms with E-state index in [4.69, 9.17) is 11.6 Å². The van der Waals surface area contributed by atoms with Gasteiger partial charge < -0.3 is 5.32 Å². The summed E-state index contributed by atoms with van der Waals surface area (Å²) >= 11 is 7.40. The van der Waals surface area contributed by atoms with Gasteiger partial charge in [0, 0.05) is 22.7 Å². The molecule has 1 unspecified atom stereocenters. The third-order valence-corrected chi connectivity index (χ3v) is 3.90. The first-order chi connectivity index (χ1) is 8.56. The van der Waals surface area contributed by atoms with Crippen LogP contribution in [0, 0.1) is 10.1 Å². The van der Waals surface area contributed by atoms with Crippen molar-refractivity contribution in [2.75, 3.05) is 5.32 Å². The maximum absolute atomic E-state index is 10.5. The normalized spacial score (nSPS) is 12.1. The maximum atomic E-state index is 10.5. The summed E-state index contributed by atoms with van der Waals surface area (Å²) in [4.78, 5) is 11.2. The van der Waals surface area contributed by atoms with Gasteiger partial charge in [-0.25, -0.2) is 0 Å². The Kier molecular flexibility index (Phi) is 3.84. The SMILES string of the molecule is CC(Nc1ccc([N+](=O)[O-])cc1)c1ccc(Cl)s1. The van der Waals surface area contributed by atoms with Crippen molar-refractivity contribution in [1.29, 1.82) is 0 Å². The second-order valence-corrected chi connectivity index (χ2v) is 5.56. The Labute approximate surface area is 113 Å². The summed E-state index contributed by atoms with van der Waals surface area (Å²) in [5.74, 6) is 0. The molecule has 1 N–H and O–H groups in total. The van der Waals surface area contributed by atoms with E-state index in [0.717, 1.165) is 14.9 Å². The zero-order valence-electron chi connectivity index (χ0n) is 9.59. The number of hydrogen-bond donors (Lipinski definition) is 1. The average molecular weight is 283 g/mol. The fourth-order valence-electron chi connectivity index (χ4n) is 1.56. The third kappa shape index (κ3) is 3.00. The van der Waals surface area contributed by atoms with Gasteiger partial charge in [0.15, 0.2) is 0 Å². The fourth-order valence-corrected chi connectivity index (χ4v) is 2.62. The van der Waals surface area contributed by atoms with Crippen LogP contribution in [0.15, 0.2) is 36.4 Å². The molecule has 0 saturated carbocycles. The topological polar surface area (TPSA) is 55.2 Å². The highest BCUT2D eigenvalue weighted by molar-refractivity contribution is 7.16. The molecule has 4 nitrogen and oxygen atoms in total. The molecular formula is C12H11ClN2O2S. The molecule has 0 radical (unpaired) electrons. The van der Waals surface area contributed by atoms with Crippen LogP contribution in [0.1, 0.15) is 17.8 Å². The van der Waals surface area contributed by atoms with E-state index < -0.39 is 4.92 Å². The van der Waals surface area contributed by atoms with Crippen molar-refractivity contribution in [2.45, 2.75) is 13.0 Å². The van der Waals surface area contributed by atoms with E-state index in [1.54, 1.807) is 12.1 Å². The lowest BCUT2D eigenvalue weighted by atomic mass is 10.2. The molecule has 1 aromatic heterocycles. The molecule has 0 aliphatic rings. The average Bonchev–Trinajstić information content (AvgIpc) is 2.76. The molecule has 1 aromatic carbocycles. The molecule has 1 atom stereocenters. The number of non-ortho nitro benzene ring substituents is 1. The van der Waals surface area contributed by atoms with E-state index in [1.807, 2.05) is 19.1 Å². The number of nitrogens with zero attached hydrogens (tertiary/aromatic N) is 1. The van der Waals surface area contributed by atoms with Gasteiger partial charge in [-0.3, -0.25) is 10.1 Å². The number of benzene rings is 1. The van der Waals surface area contributed by atoms with E-state index in [9.17, 15) is 10.1 Å². The molecule has 0 saturated heterocycles. The van der Waals surface area contributed by atoms with Crippen LogP contribution < -0.4 is 5.32 Å². The number of nitro benzene ring substituents is 1. The summed E-state index contributed by atoms with van der Waals surface area (Å²) in [6.45, 7) is 2.02. The molecule has 0 fully saturated rings. The Morgan fingerprint density at radius 2 is 1.94 bits per heavy atom. The molecule has 0 spiro atoms. The second-order valence-electron chi connectivity index (χ2n) is 3.81. The third-order valence-electron chi connectivity index (χ3n) is 2.48. The van der Waals surface area contributed by atoms with Crippen molar-refractivity contribution in [2.24, 2.45) is 0 Å². The van der Waals surface area contributed by atoms with Crippen molar-refractivity contribution in [3.63, 3.8) is 0 Å². The zero-order valence-corrected chi connectivity index (χ0v) is 11.2. The van der Waals surface area contributed by atoms with Gasteiger partial charge in [-0.1, -0.05) is 11.6 Å². The van der Waals surface area contributed by atoms with E-state index in [0.29, 0.717) is 0 Å². The predicted octanol–water partition coefficient (Wildman–Crippen LogP) is 4.48. The van der Waals surface area contributed by atoms with Gasteiger partial charge in [0.2, 0.25) is 0 Å². The highest BCUT2D eigenvalue weighted by atomic mass is 35.5. The number of rotatable bonds is 4. The molecule has 18 heavy (non-hydrogen) atoms. The predicted molar refractivity (Wildman–Crippen MR) is 74.5 cm³/mol. The highest BCUT2D eigenvalue weighted by Crippen LogP contribution is 2.29. The standard InChI is InChI=1S/C12H11ClN2O2S/c1-8(11-6-7-12(13)18-11)14-9-2-4-10(5-3-9)15(16)17/h2-8,14H,1H3. The van der Waals surface area contributed by atoms with Crippen LogP contribution >= 0.6 is 22.9 Å². The largest absolute Gasteiger partial charge is 0.378 e. The number of halogens is 1. The van der Waals surface area contributed by atoms with Gasteiger partial charge in [-0.15, -0.1) is 11.3 Å². The summed E-state index contributed by atoms with van der Waals surface area (Å²) in [6, 6.07) is 10.3. The van der Waals surface area contributed by atoms with Gasteiger partial charge in [0.05, 0.1) is 15.3 Å². The Morgan fingerprint density at radius 3 is 2.44 bits per heavy atom. The quantitative estimate of drug-likeness (QED) is 0.664. The number of anilines is 1. The molecule has 0 aliphatic heterocycles. The van der Waals surface area contributed by atoms with Crippen LogP contribution in [0.4, 0.5) is 11.4 Å². The van der Waals surface area contributed by atoms with E-state index in [-0.39, 0.29) is 11.7 Å². The van der Waals surface area contributed by atoms with Crippen LogP contribution in [0.25, 0.3) is 0 Å². The molecule has 1 heterocycles. The van der Waals surface area contributed by atoms with Gasteiger partial charge in [0.25, 0.3) is 5.69 Å². The number of hydrogen-bond acceptors (Lipinski definition) is 4. The van der Waals surface area contributed by atoms with Crippen LogP contribution in [-0.4, -0.2) is 4.92 Å². The lowest BCUT2D eigenvalue weighted by Crippen LogP contribution is -2.04. The smallest absolute Gasteiger partial charge is 0.269 e. The molecule has 2 rings (SSSR count). The molecule has 2 aromatic rings. The van der Waals surface area contributed by atoms with Crippen LogP contribution in [0.2, 0.25) is 4.34 Å². The first-order valence-corrected chi connectivity index (χ1v) is 6.52. The van der Waals surface area contributed by atoms with Gasteiger partial charge in [-0.05, 0) is 31.2 Å². The monoisotopic (exact) mass is 282 g/mol. The Hall–Kier alpha value is -1.59. The lowest BCUT2D eigenvalue weighted by molar-refractivity contribution is -0.384. The minimum absolute atomic E-state index is 0.0902. The van der Waals surface area contributed by atoms with E-state index in [2.05, 4.69) is 5.32 Å². The molecular weight excluding hydrogens is 272 g/mol. The first-order valence-electron chi connectivity index (χ1n) is 5.32. The summed E-state index contributed by atoms with van der Waals surface area (Å²) in [5.41, 5.74) is 0.935.